The molecule has 2 rings (SSSR count). The third-order valence-corrected chi connectivity index (χ3v) is 5.71. The van der Waals surface area contributed by atoms with E-state index in [-0.39, 0.29) is 4.90 Å². The van der Waals surface area contributed by atoms with Gasteiger partial charge in [0.05, 0.1) is 11.4 Å². The molecule has 0 heterocycles. The number of nitrogens with two attached hydrogens (primary N) is 1. The van der Waals surface area contributed by atoms with E-state index in [1.807, 2.05) is 13.0 Å². The molecule has 4 N–H and O–H groups in total. The van der Waals surface area contributed by atoms with Crippen LogP contribution in [-0.4, -0.2) is 27.5 Å². The molecule has 7 heteroatoms. The number of nitrogens with zero attached hydrogens (tertiary/aromatic N) is 1. The fraction of sp³-hybridized carbons (Fsp3) is 0.632. The zero-order valence-electron chi connectivity index (χ0n) is 15.7. The van der Waals surface area contributed by atoms with E-state index in [0.29, 0.717) is 6.54 Å². The number of nitrogens with one attached hydrogen (secondary N) is 2. The van der Waals surface area contributed by atoms with Gasteiger partial charge in [-0.25, -0.2) is 18.5 Å². The van der Waals surface area contributed by atoms with Gasteiger partial charge in [0, 0.05) is 13.1 Å². The highest BCUT2D eigenvalue weighted by molar-refractivity contribution is 7.89. The minimum atomic E-state index is -3.68. The molecule has 1 aliphatic rings. The van der Waals surface area contributed by atoms with Crippen LogP contribution in [0.3, 0.4) is 0 Å². The highest BCUT2D eigenvalue weighted by atomic mass is 32.2. The normalized spacial score (nSPS) is 16.0. The van der Waals surface area contributed by atoms with Crippen molar-refractivity contribution in [2.24, 2.45) is 16.0 Å². The predicted molar refractivity (Wildman–Crippen MR) is 106 cm³/mol. The van der Waals surface area contributed by atoms with Crippen LogP contribution in [0.4, 0.5) is 0 Å². The molecule has 0 aliphatic heterocycles. The number of benzene rings is 1. The first kappa shape index (κ1) is 20.7. The van der Waals surface area contributed by atoms with E-state index < -0.39 is 10.0 Å². The molecule has 1 aromatic rings. The molecule has 0 saturated heterocycles. The summed E-state index contributed by atoms with van der Waals surface area (Å²) in [6, 6.07) is 6.61. The molecule has 1 saturated carbocycles. The molecular formula is C19H32N4O2S. The third-order valence-electron chi connectivity index (χ3n) is 4.80. The van der Waals surface area contributed by atoms with Gasteiger partial charge >= 0.3 is 0 Å². The molecule has 0 radical (unpaired) electrons. The Hall–Kier alpha value is -1.60. The van der Waals surface area contributed by atoms with Gasteiger partial charge in [-0.05, 0) is 37.0 Å². The standard InChI is InChI=1S/C19H32N4O2S/c1-2-21-19(22-13-6-5-10-16-8-3-4-9-16)23-15-17-11-7-12-18(14-17)26(20,24)25/h7,11-12,14,16H,2-6,8-10,13,15H2,1H3,(H2,20,24,25)(H2,21,22,23). The van der Waals surface area contributed by atoms with Crippen LogP contribution in [0.25, 0.3) is 0 Å². The van der Waals surface area contributed by atoms with E-state index in [2.05, 4.69) is 15.6 Å². The van der Waals surface area contributed by atoms with E-state index in [9.17, 15) is 8.42 Å². The van der Waals surface area contributed by atoms with Crippen LogP contribution >= 0.6 is 0 Å². The molecular weight excluding hydrogens is 348 g/mol. The molecule has 1 aliphatic carbocycles. The summed E-state index contributed by atoms with van der Waals surface area (Å²) in [6.07, 6.45) is 9.38. The minimum Gasteiger partial charge on any atom is -0.357 e. The van der Waals surface area contributed by atoms with Gasteiger partial charge in [-0.1, -0.05) is 50.7 Å². The molecule has 0 atom stereocenters. The average molecular weight is 381 g/mol. The van der Waals surface area contributed by atoms with Gasteiger partial charge in [0.2, 0.25) is 10.0 Å². The Bertz CT molecular complexity index is 683. The van der Waals surface area contributed by atoms with Gasteiger partial charge in [-0.2, -0.15) is 0 Å². The van der Waals surface area contributed by atoms with Gasteiger partial charge in [0.15, 0.2) is 5.96 Å². The Labute approximate surface area is 157 Å². The topological polar surface area (TPSA) is 96.6 Å². The Kier molecular flexibility index (Phi) is 8.38. The molecule has 26 heavy (non-hydrogen) atoms. The van der Waals surface area contributed by atoms with Gasteiger partial charge in [-0.3, -0.25) is 0 Å². The van der Waals surface area contributed by atoms with Crippen molar-refractivity contribution in [2.45, 2.75) is 63.3 Å². The van der Waals surface area contributed by atoms with Crippen LogP contribution in [0, 0.1) is 5.92 Å². The smallest absolute Gasteiger partial charge is 0.238 e. The zero-order valence-corrected chi connectivity index (χ0v) is 16.5. The van der Waals surface area contributed by atoms with Crippen LogP contribution in [0.1, 0.15) is 57.4 Å². The molecule has 0 unspecified atom stereocenters. The average Bonchev–Trinajstić information content (AvgIpc) is 3.12. The zero-order chi connectivity index (χ0) is 18.8. The SMILES string of the molecule is CCNC(=NCc1cccc(S(N)(=O)=O)c1)NCCCCC1CCCC1. The van der Waals surface area contributed by atoms with E-state index in [1.165, 1.54) is 44.6 Å². The molecule has 6 nitrogen and oxygen atoms in total. The van der Waals surface area contributed by atoms with Gasteiger partial charge in [0.1, 0.15) is 0 Å². The summed E-state index contributed by atoms with van der Waals surface area (Å²) in [4.78, 5) is 4.66. The largest absolute Gasteiger partial charge is 0.357 e. The van der Waals surface area contributed by atoms with Crippen molar-refractivity contribution in [1.82, 2.24) is 10.6 Å². The fourth-order valence-electron chi connectivity index (χ4n) is 3.40. The van der Waals surface area contributed by atoms with Crippen LogP contribution in [-0.2, 0) is 16.6 Å². The Morgan fingerprint density at radius 1 is 1.23 bits per heavy atom. The number of unbranched alkanes of at least 4 members (excludes halogenated alkanes) is 1. The van der Waals surface area contributed by atoms with E-state index in [4.69, 9.17) is 5.14 Å². The number of hydrogen-bond donors (Lipinski definition) is 3. The van der Waals surface area contributed by atoms with Crippen molar-refractivity contribution < 1.29 is 8.42 Å². The first-order valence-corrected chi connectivity index (χ1v) is 11.2. The van der Waals surface area contributed by atoms with E-state index in [0.717, 1.165) is 37.0 Å². The second-order valence-electron chi connectivity index (χ2n) is 6.96. The van der Waals surface area contributed by atoms with Crippen molar-refractivity contribution in [3.8, 4) is 0 Å². The summed E-state index contributed by atoms with van der Waals surface area (Å²) in [5.74, 6) is 1.71. The summed E-state index contributed by atoms with van der Waals surface area (Å²) in [5.41, 5.74) is 0.815. The van der Waals surface area contributed by atoms with Crippen molar-refractivity contribution in [1.29, 1.82) is 0 Å². The van der Waals surface area contributed by atoms with Crippen molar-refractivity contribution in [2.75, 3.05) is 13.1 Å². The van der Waals surface area contributed by atoms with Crippen LogP contribution < -0.4 is 15.8 Å². The maximum absolute atomic E-state index is 11.4. The monoisotopic (exact) mass is 380 g/mol. The van der Waals surface area contributed by atoms with E-state index >= 15 is 0 Å². The van der Waals surface area contributed by atoms with Gasteiger partial charge in [0.25, 0.3) is 0 Å². The molecule has 0 bridgehead atoms. The Morgan fingerprint density at radius 3 is 2.69 bits per heavy atom. The van der Waals surface area contributed by atoms with Crippen molar-refractivity contribution in [3.63, 3.8) is 0 Å². The number of guanidine groups is 1. The lowest BCUT2D eigenvalue weighted by Crippen LogP contribution is -2.37. The predicted octanol–water partition coefficient (Wildman–Crippen LogP) is 2.75. The highest BCUT2D eigenvalue weighted by Crippen LogP contribution is 2.28. The number of hydrogen-bond acceptors (Lipinski definition) is 3. The summed E-state index contributed by atoms with van der Waals surface area (Å²) >= 11 is 0. The quantitative estimate of drug-likeness (QED) is 0.349. The highest BCUT2D eigenvalue weighted by Gasteiger charge is 2.13. The molecule has 0 spiro atoms. The van der Waals surface area contributed by atoms with Gasteiger partial charge in [-0.15, -0.1) is 0 Å². The summed E-state index contributed by atoms with van der Waals surface area (Å²) in [6.45, 7) is 4.11. The van der Waals surface area contributed by atoms with Crippen LogP contribution in [0.15, 0.2) is 34.2 Å². The van der Waals surface area contributed by atoms with Crippen molar-refractivity contribution in [3.05, 3.63) is 29.8 Å². The van der Waals surface area contributed by atoms with Crippen LogP contribution in [0.5, 0.6) is 0 Å². The second-order valence-corrected chi connectivity index (χ2v) is 8.52. The Morgan fingerprint density at radius 2 is 2.00 bits per heavy atom. The summed E-state index contributed by atoms with van der Waals surface area (Å²) in [7, 11) is -3.68. The van der Waals surface area contributed by atoms with Gasteiger partial charge < -0.3 is 10.6 Å². The first-order chi connectivity index (χ1) is 12.5. The summed E-state index contributed by atoms with van der Waals surface area (Å²) < 4.78 is 22.9. The second kappa shape index (κ2) is 10.5. The maximum atomic E-state index is 11.4. The molecule has 0 aromatic heterocycles. The lowest BCUT2D eigenvalue weighted by molar-refractivity contribution is 0.472. The number of aliphatic imine (C=N–C) groups is 1. The molecule has 146 valence electrons. The molecule has 1 fully saturated rings. The van der Waals surface area contributed by atoms with Crippen LogP contribution in [0.2, 0.25) is 0 Å². The third kappa shape index (κ3) is 7.33. The van der Waals surface area contributed by atoms with E-state index in [1.54, 1.807) is 12.1 Å². The maximum Gasteiger partial charge on any atom is 0.238 e. The minimum absolute atomic E-state index is 0.120. The lowest BCUT2D eigenvalue weighted by atomic mass is 10.0. The fourth-order valence-corrected chi connectivity index (χ4v) is 3.98. The molecule has 0 amide bonds. The number of primary sulfonamides is 1. The number of rotatable bonds is 9. The Balaban J connectivity index is 1.80. The first-order valence-electron chi connectivity index (χ1n) is 9.63. The number of sulfonamides is 1. The summed E-state index contributed by atoms with van der Waals surface area (Å²) in [5, 5.41) is 11.8. The molecule has 1 aromatic carbocycles. The lowest BCUT2D eigenvalue weighted by Gasteiger charge is -2.12. The van der Waals surface area contributed by atoms with Crippen molar-refractivity contribution >= 4 is 16.0 Å².